The van der Waals surface area contributed by atoms with Crippen LogP contribution in [-0.4, -0.2) is 17.6 Å². The number of carbonyl (C=O) groups excluding carboxylic acids is 1. The van der Waals surface area contributed by atoms with E-state index in [1.165, 1.54) is 23.5 Å². The average molecular weight is 307 g/mol. The summed E-state index contributed by atoms with van der Waals surface area (Å²) in [6.07, 6.45) is 0. The Hall–Kier alpha value is -2.23. The number of nitrogens with one attached hydrogen (secondary N) is 1. The Kier molecular flexibility index (Phi) is 5.04. The van der Waals surface area contributed by atoms with E-state index in [0.29, 0.717) is 5.56 Å². The van der Waals surface area contributed by atoms with Gasteiger partial charge in [-0.25, -0.2) is 8.78 Å². The minimum Gasteiger partial charge on any atom is -0.384 e. The van der Waals surface area contributed by atoms with Gasteiger partial charge in [-0.1, -0.05) is 17.9 Å². The fraction of sp³-hybridized carbons (Fsp3) is 0.133. The molecular weight excluding hydrogens is 296 g/mol. The molecule has 2 N–H and O–H groups in total. The van der Waals surface area contributed by atoms with Crippen molar-refractivity contribution in [1.29, 1.82) is 0 Å². The zero-order valence-corrected chi connectivity index (χ0v) is 11.6. The molecule has 1 aromatic heterocycles. The fourth-order valence-corrected chi connectivity index (χ4v) is 2.43. The Morgan fingerprint density at radius 1 is 1.33 bits per heavy atom. The molecule has 0 fully saturated rings. The number of thiophene rings is 1. The molecule has 0 spiro atoms. The van der Waals surface area contributed by atoms with E-state index in [9.17, 15) is 13.6 Å². The third kappa shape index (κ3) is 3.66. The number of hydrogen-bond donors (Lipinski definition) is 2. The van der Waals surface area contributed by atoms with Crippen molar-refractivity contribution in [2.24, 2.45) is 0 Å². The first-order valence-electron chi connectivity index (χ1n) is 6.01. The largest absolute Gasteiger partial charge is 0.384 e. The second kappa shape index (κ2) is 6.97. The number of halogens is 2. The van der Waals surface area contributed by atoms with Gasteiger partial charge in [-0.05, 0) is 23.6 Å². The first-order valence-corrected chi connectivity index (χ1v) is 6.89. The van der Waals surface area contributed by atoms with E-state index < -0.39 is 17.5 Å². The molecule has 1 amide bonds. The number of carbonyl (C=O) groups is 1. The van der Waals surface area contributed by atoms with Crippen LogP contribution < -0.4 is 5.32 Å². The van der Waals surface area contributed by atoms with Gasteiger partial charge in [-0.3, -0.25) is 4.79 Å². The smallest absolute Gasteiger partial charge is 0.254 e. The molecule has 0 aliphatic heterocycles. The van der Waals surface area contributed by atoms with Gasteiger partial charge in [0.05, 0.1) is 12.1 Å². The Morgan fingerprint density at radius 3 is 2.90 bits per heavy atom. The van der Waals surface area contributed by atoms with Crippen LogP contribution in [0.2, 0.25) is 0 Å². The molecule has 1 heterocycles. The van der Waals surface area contributed by atoms with Gasteiger partial charge in [0.2, 0.25) is 0 Å². The molecule has 0 aliphatic rings. The number of aliphatic hydroxyl groups is 1. The molecule has 0 aliphatic carbocycles. The van der Waals surface area contributed by atoms with Gasteiger partial charge < -0.3 is 10.4 Å². The van der Waals surface area contributed by atoms with Gasteiger partial charge in [-0.2, -0.15) is 0 Å². The first kappa shape index (κ1) is 15.2. The van der Waals surface area contributed by atoms with E-state index in [1.54, 1.807) is 11.4 Å². The summed E-state index contributed by atoms with van der Waals surface area (Å²) < 4.78 is 26.5. The second-order valence-electron chi connectivity index (χ2n) is 4.00. The molecule has 21 heavy (non-hydrogen) atoms. The van der Waals surface area contributed by atoms with Crippen molar-refractivity contribution >= 4 is 17.2 Å². The van der Waals surface area contributed by atoms with Crippen LogP contribution in [0.3, 0.4) is 0 Å². The summed E-state index contributed by atoms with van der Waals surface area (Å²) in [4.78, 5) is 12.6. The number of hydrogen-bond acceptors (Lipinski definition) is 3. The predicted molar refractivity (Wildman–Crippen MR) is 75.8 cm³/mol. The molecule has 0 saturated heterocycles. The van der Waals surface area contributed by atoms with Crippen LogP contribution in [-0.2, 0) is 6.54 Å². The molecule has 3 nitrogen and oxygen atoms in total. The topological polar surface area (TPSA) is 49.3 Å². The van der Waals surface area contributed by atoms with E-state index in [2.05, 4.69) is 17.2 Å². The highest BCUT2D eigenvalue weighted by atomic mass is 32.1. The molecule has 108 valence electrons. The van der Waals surface area contributed by atoms with Crippen LogP contribution in [0.1, 0.15) is 20.8 Å². The van der Waals surface area contributed by atoms with E-state index in [4.69, 9.17) is 5.11 Å². The lowest BCUT2D eigenvalue weighted by Crippen LogP contribution is -2.24. The number of aliphatic hydroxyl groups excluding tert-OH is 1. The molecule has 2 rings (SSSR count). The first-order chi connectivity index (χ1) is 10.1. The lowest BCUT2D eigenvalue weighted by molar-refractivity contribution is 0.0946. The summed E-state index contributed by atoms with van der Waals surface area (Å²) in [5.41, 5.74) is 0.351. The lowest BCUT2D eigenvalue weighted by atomic mass is 10.2. The average Bonchev–Trinajstić information content (AvgIpc) is 2.93. The summed E-state index contributed by atoms with van der Waals surface area (Å²) in [6, 6.07) is 5.21. The van der Waals surface area contributed by atoms with Crippen molar-refractivity contribution in [3.05, 3.63) is 57.3 Å². The standard InChI is InChI=1S/C15H11F2NO2S/c16-12-5-1-4-11(14(12)17)15(20)18-9-13-10(3-2-7-19)6-8-21-13/h1,4-6,8,19H,7,9H2,(H,18,20). The summed E-state index contributed by atoms with van der Waals surface area (Å²) in [5, 5.41) is 13.0. The molecule has 0 bridgehead atoms. The van der Waals surface area contributed by atoms with E-state index in [0.717, 1.165) is 10.9 Å². The monoisotopic (exact) mass is 307 g/mol. The maximum absolute atomic E-state index is 13.5. The molecule has 6 heteroatoms. The van der Waals surface area contributed by atoms with Crippen LogP contribution in [0, 0.1) is 23.5 Å². The lowest BCUT2D eigenvalue weighted by Gasteiger charge is -2.06. The third-order valence-corrected chi connectivity index (χ3v) is 3.57. The fourth-order valence-electron chi connectivity index (χ4n) is 1.66. The Balaban J connectivity index is 2.08. The van der Waals surface area contributed by atoms with E-state index in [-0.39, 0.29) is 18.7 Å². The highest BCUT2D eigenvalue weighted by Crippen LogP contribution is 2.16. The van der Waals surface area contributed by atoms with Crippen molar-refractivity contribution in [1.82, 2.24) is 5.32 Å². The van der Waals surface area contributed by atoms with Crippen LogP contribution in [0.15, 0.2) is 29.6 Å². The maximum Gasteiger partial charge on any atom is 0.254 e. The van der Waals surface area contributed by atoms with Crippen LogP contribution >= 0.6 is 11.3 Å². The minimum absolute atomic E-state index is 0.155. The van der Waals surface area contributed by atoms with Gasteiger partial charge in [0.15, 0.2) is 11.6 Å². The Labute approximate surface area is 124 Å². The third-order valence-electron chi connectivity index (χ3n) is 2.65. The summed E-state index contributed by atoms with van der Waals surface area (Å²) >= 11 is 1.38. The summed E-state index contributed by atoms with van der Waals surface area (Å²) in [6.45, 7) is -0.0992. The quantitative estimate of drug-likeness (QED) is 0.855. The number of amides is 1. The van der Waals surface area contributed by atoms with Crippen LogP contribution in [0.5, 0.6) is 0 Å². The summed E-state index contributed by atoms with van der Waals surface area (Å²) in [7, 11) is 0. The Bertz CT molecular complexity index is 716. The predicted octanol–water partition coefficient (Wildman–Crippen LogP) is 2.30. The van der Waals surface area contributed by atoms with Gasteiger partial charge in [0.1, 0.15) is 6.61 Å². The molecule has 0 unspecified atom stereocenters. The number of rotatable bonds is 3. The molecule has 1 aromatic carbocycles. The van der Waals surface area contributed by atoms with Crippen molar-refractivity contribution in [2.75, 3.05) is 6.61 Å². The van der Waals surface area contributed by atoms with Crippen LogP contribution in [0.25, 0.3) is 0 Å². The van der Waals surface area contributed by atoms with Gasteiger partial charge in [0, 0.05) is 10.4 Å². The molecule has 0 atom stereocenters. The van der Waals surface area contributed by atoms with Crippen molar-refractivity contribution in [2.45, 2.75) is 6.54 Å². The highest BCUT2D eigenvalue weighted by Gasteiger charge is 2.15. The van der Waals surface area contributed by atoms with Crippen molar-refractivity contribution in [3.63, 3.8) is 0 Å². The maximum atomic E-state index is 13.5. The van der Waals surface area contributed by atoms with Gasteiger partial charge in [0.25, 0.3) is 5.91 Å². The van der Waals surface area contributed by atoms with E-state index >= 15 is 0 Å². The minimum atomic E-state index is -1.17. The zero-order valence-electron chi connectivity index (χ0n) is 10.8. The number of benzene rings is 1. The summed E-state index contributed by atoms with van der Waals surface area (Å²) in [5.74, 6) is 2.35. The van der Waals surface area contributed by atoms with Crippen LogP contribution in [0.4, 0.5) is 8.78 Å². The molecule has 2 aromatic rings. The normalized spacial score (nSPS) is 9.86. The SMILES string of the molecule is O=C(NCc1sccc1C#CCO)c1cccc(F)c1F. The second-order valence-corrected chi connectivity index (χ2v) is 5.00. The zero-order chi connectivity index (χ0) is 15.2. The van der Waals surface area contributed by atoms with Gasteiger partial charge in [-0.15, -0.1) is 11.3 Å². The highest BCUT2D eigenvalue weighted by molar-refractivity contribution is 7.10. The van der Waals surface area contributed by atoms with Gasteiger partial charge >= 0.3 is 0 Å². The molecule has 0 saturated carbocycles. The Morgan fingerprint density at radius 2 is 2.14 bits per heavy atom. The van der Waals surface area contributed by atoms with E-state index in [1.807, 2.05) is 0 Å². The van der Waals surface area contributed by atoms with Crippen molar-refractivity contribution in [3.8, 4) is 11.8 Å². The molecule has 0 radical (unpaired) electrons. The van der Waals surface area contributed by atoms with Crippen molar-refractivity contribution < 1.29 is 18.7 Å². The molecular formula is C15H11F2NO2S.